The molecule has 0 amide bonds. The van der Waals surface area contributed by atoms with Gasteiger partial charge in [0.2, 0.25) is 0 Å². The fourth-order valence-electron chi connectivity index (χ4n) is 3.93. The summed E-state index contributed by atoms with van der Waals surface area (Å²) in [5.41, 5.74) is 5.25. The number of para-hydroxylation sites is 1. The lowest BCUT2D eigenvalue weighted by molar-refractivity contribution is -0.0934. The summed E-state index contributed by atoms with van der Waals surface area (Å²) in [6.07, 6.45) is 3.33. The fraction of sp³-hybridized carbons (Fsp3) is 0.556. The van der Waals surface area contributed by atoms with Gasteiger partial charge in [0.1, 0.15) is 5.60 Å². The molecule has 2 heteroatoms. The van der Waals surface area contributed by atoms with Crippen molar-refractivity contribution in [3.8, 4) is 0 Å². The molecule has 1 aromatic carbocycles. The molecule has 3 rings (SSSR count). The van der Waals surface area contributed by atoms with Gasteiger partial charge < -0.3 is 9.72 Å². The molecule has 0 spiro atoms. The van der Waals surface area contributed by atoms with Crippen molar-refractivity contribution in [1.29, 1.82) is 0 Å². The Hall–Kier alpha value is -1.28. The number of aromatic nitrogens is 1. The van der Waals surface area contributed by atoms with E-state index in [0.29, 0.717) is 5.92 Å². The maximum atomic E-state index is 6.27. The summed E-state index contributed by atoms with van der Waals surface area (Å²) < 4.78 is 6.27. The molecule has 0 aliphatic carbocycles. The lowest BCUT2D eigenvalue weighted by Gasteiger charge is -2.40. The highest BCUT2D eigenvalue weighted by molar-refractivity contribution is 5.87. The largest absolute Gasteiger partial charge is 0.368 e. The summed E-state index contributed by atoms with van der Waals surface area (Å²) in [6, 6.07) is 6.59. The summed E-state index contributed by atoms with van der Waals surface area (Å²) in [7, 11) is 0. The lowest BCUT2D eigenvalue weighted by Crippen LogP contribution is -2.39. The average molecular weight is 271 g/mol. The van der Waals surface area contributed by atoms with E-state index in [2.05, 4.69) is 50.9 Å². The predicted molar refractivity (Wildman–Crippen MR) is 84.1 cm³/mol. The number of hydrogen-bond donors (Lipinski definition) is 1. The molecule has 2 aromatic rings. The molecule has 1 aliphatic heterocycles. The van der Waals surface area contributed by atoms with Crippen LogP contribution in [0.4, 0.5) is 0 Å². The molecule has 1 unspecified atom stereocenters. The minimum Gasteiger partial charge on any atom is -0.368 e. The van der Waals surface area contributed by atoms with Crippen molar-refractivity contribution >= 4 is 10.9 Å². The van der Waals surface area contributed by atoms with Crippen molar-refractivity contribution < 1.29 is 4.74 Å². The van der Waals surface area contributed by atoms with E-state index in [1.807, 2.05) is 0 Å². The highest BCUT2D eigenvalue weighted by Crippen LogP contribution is 2.44. The summed E-state index contributed by atoms with van der Waals surface area (Å²) >= 11 is 0. The summed E-state index contributed by atoms with van der Waals surface area (Å²) in [4.78, 5) is 3.70. The predicted octanol–water partition coefficient (Wildman–Crippen LogP) is 4.70. The number of fused-ring (bicyclic) bond motifs is 3. The van der Waals surface area contributed by atoms with Crippen molar-refractivity contribution in [2.24, 2.45) is 5.92 Å². The first-order chi connectivity index (χ1) is 9.61. The molecular formula is C18H25NO. The molecule has 1 aromatic heterocycles. The normalized spacial score (nSPS) is 22.4. The molecule has 1 N–H and O–H groups in total. The standard InChI is InChI=1S/C18H25NO/c1-5-13(6-2)18(4)17-15(10-11-20-18)14-9-7-8-12(3)16(14)19-17/h7-9,13,19H,5-6,10-11H2,1-4H3. The third-order valence-electron chi connectivity index (χ3n) is 5.16. The quantitative estimate of drug-likeness (QED) is 0.860. The van der Waals surface area contributed by atoms with Gasteiger partial charge in [-0.05, 0) is 37.3 Å². The Kier molecular flexibility index (Phi) is 3.37. The molecule has 1 atom stereocenters. The molecule has 0 saturated carbocycles. The summed E-state index contributed by atoms with van der Waals surface area (Å²) in [5.74, 6) is 0.565. The number of H-pyrrole nitrogens is 1. The van der Waals surface area contributed by atoms with Gasteiger partial charge in [-0.1, -0.05) is 44.9 Å². The number of nitrogens with one attached hydrogen (secondary N) is 1. The van der Waals surface area contributed by atoms with Crippen LogP contribution in [0.1, 0.15) is 50.4 Å². The molecule has 1 aliphatic rings. The van der Waals surface area contributed by atoms with Crippen LogP contribution < -0.4 is 0 Å². The van der Waals surface area contributed by atoms with Gasteiger partial charge in [0.25, 0.3) is 0 Å². The molecular weight excluding hydrogens is 246 g/mol. The number of rotatable bonds is 3. The first-order valence-corrected chi connectivity index (χ1v) is 7.86. The average Bonchev–Trinajstić information content (AvgIpc) is 2.82. The number of aromatic amines is 1. The van der Waals surface area contributed by atoms with Crippen LogP contribution in [-0.2, 0) is 16.8 Å². The third kappa shape index (κ3) is 1.81. The van der Waals surface area contributed by atoms with E-state index in [0.717, 1.165) is 25.9 Å². The van der Waals surface area contributed by atoms with Gasteiger partial charge >= 0.3 is 0 Å². The van der Waals surface area contributed by atoms with Crippen LogP contribution in [0, 0.1) is 12.8 Å². The molecule has 0 fully saturated rings. The molecule has 108 valence electrons. The maximum absolute atomic E-state index is 6.27. The Morgan fingerprint density at radius 2 is 2.05 bits per heavy atom. The van der Waals surface area contributed by atoms with Crippen molar-refractivity contribution in [2.75, 3.05) is 6.61 Å². The van der Waals surface area contributed by atoms with Gasteiger partial charge in [0, 0.05) is 10.9 Å². The van der Waals surface area contributed by atoms with Crippen LogP contribution in [0.5, 0.6) is 0 Å². The SMILES string of the molecule is CCC(CC)C1(C)OCCc2c1[nH]c1c(C)cccc21. The Morgan fingerprint density at radius 3 is 2.75 bits per heavy atom. The second kappa shape index (κ2) is 4.92. The van der Waals surface area contributed by atoms with E-state index in [9.17, 15) is 0 Å². The van der Waals surface area contributed by atoms with Crippen LogP contribution in [0.2, 0.25) is 0 Å². The van der Waals surface area contributed by atoms with E-state index in [4.69, 9.17) is 4.74 Å². The van der Waals surface area contributed by atoms with Crippen LogP contribution in [-0.4, -0.2) is 11.6 Å². The van der Waals surface area contributed by atoms with Crippen LogP contribution >= 0.6 is 0 Å². The highest BCUT2D eigenvalue weighted by atomic mass is 16.5. The van der Waals surface area contributed by atoms with Gasteiger partial charge in [0.05, 0.1) is 12.3 Å². The van der Waals surface area contributed by atoms with Crippen LogP contribution in [0.3, 0.4) is 0 Å². The van der Waals surface area contributed by atoms with Gasteiger partial charge in [-0.15, -0.1) is 0 Å². The summed E-state index contributed by atoms with van der Waals surface area (Å²) in [5, 5.41) is 1.39. The lowest BCUT2D eigenvalue weighted by atomic mass is 9.79. The smallest absolute Gasteiger partial charge is 0.108 e. The molecule has 2 nitrogen and oxygen atoms in total. The third-order valence-corrected chi connectivity index (χ3v) is 5.16. The van der Waals surface area contributed by atoms with Gasteiger partial charge in [-0.3, -0.25) is 0 Å². The van der Waals surface area contributed by atoms with E-state index in [1.54, 1.807) is 0 Å². The van der Waals surface area contributed by atoms with Crippen molar-refractivity contribution in [1.82, 2.24) is 4.98 Å². The molecule has 0 bridgehead atoms. The Balaban J connectivity index is 2.23. The Labute approximate surface area is 121 Å². The van der Waals surface area contributed by atoms with E-state index >= 15 is 0 Å². The zero-order chi connectivity index (χ0) is 14.3. The molecule has 2 heterocycles. The van der Waals surface area contributed by atoms with Gasteiger partial charge in [-0.25, -0.2) is 0 Å². The molecule has 20 heavy (non-hydrogen) atoms. The summed E-state index contributed by atoms with van der Waals surface area (Å²) in [6.45, 7) is 9.82. The van der Waals surface area contributed by atoms with E-state index in [-0.39, 0.29) is 5.60 Å². The van der Waals surface area contributed by atoms with Crippen LogP contribution in [0.15, 0.2) is 18.2 Å². The Morgan fingerprint density at radius 1 is 1.30 bits per heavy atom. The number of ether oxygens (including phenoxy) is 1. The number of aryl methyl sites for hydroxylation is 1. The topological polar surface area (TPSA) is 25.0 Å². The van der Waals surface area contributed by atoms with E-state index < -0.39 is 0 Å². The van der Waals surface area contributed by atoms with Crippen LogP contribution in [0.25, 0.3) is 10.9 Å². The first-order valence-electron chi connectivity index (χ1n) is 7.86. The molecule has 0 radical (unpaired) electrons. The maximum Gasteiger partial charge on any atom is 0.108 e. The molecule has 0 saturated heterocycles. The van der Waals surface area contributed by atoms with Gasteiger partial charge in [-0.2, -0.15) is 0 Å². The minimum absolute atomic E-state index is 0.164. The number of hydrogen-bond acceptors (Lipinski definition) is 1. The second-order valence-electron chi connectivity index (χ2n) is 6.19. The zero-order valence-electron chi connectivity index (χ0n) is 13.0. The number of benzene rings is 1. The van der Waals surface area contributed by atoms with Crippen molar-refractivity contribution in [3.63, 3.8) is 0 Å². The van der Waals surface area contributed by atoms with Crippen molar-refractivity contribution in [3.05, 3.63) is 35.0 Å². The Bertz CT molecular complexity index is 624. The highest BCUT2D eigenvalue weighted by Gasteiger charge is 2.41. The first kappa shape index (κ1) is 13.7. The minimum atomic E-state index is -0.164. The van der Waals surface area contributed by atoms with Gasteiger partial charge in [0.15, 0.2) is 0 Å². The monoisotopic (exact) mass is 271 g/mol. The van der Waals surface area contributed by atoms with Crippen molar-refractivity contribution in [2.45, 2.75) is 52.6 Å². The fourth-order valence-corrected chi connectivity index (χ4v) is 3.93. The second-order valence-corrected chi connectivity index (χ2v) is 6.19. The van der Waals surface area contributed by atoms with E-state index in [1.165, 1.54) is 27.7 Å². The zero-order valence-corrected chi connectivity index (χ0v) is 13.0.